The van der Waals surface area contributed by atoms with Gasteiger partial charge in [-0.25, -0.2) is 0 Å². The smallest absolute Gasteiger partial charge is 0.100 e. The molecule has 0 radical (unpaired) electrons. The fourth-order valence-electron chi connectivity index (χ4n) is 3.90. The molecule has 0 rings (SSSR count). The summed E-state index contributed by atoms with van der Waals surface area (Å²) >= 11 is 0. The molecule has 0 aromatic heterocycles. The molecule has 0 aromatic rings. The van der Waals surface area contributed by atoms with Gasteiger partial charge in [-0.2, -0.15) is 0 Å². The van der Waals surface area contributed by atoms with Gasteiger partial charge in [0.25, 0.3) is 0 Å². The van der Waals surface area contributed by atoms with Crippen LogP contribution in [0.15, 0.2) is 0 Å². The molecule has 0 aliphatic carbocycles. The molecule has 2 atom stereocenters. The van der Waals surface area contributed by atoms with Crippen molar-refractivity contribution in [3.05, 3.63) is 0 Å². The van der Waals surface area contributed by atoms with Gasteiger partial charge < -0.3 is 24.8 Å². The van der Waals surface area contributed by atoms with E-state index in [-0.39, 0.29) is 19.8 Å². The highest BCUT2D eigenvalue weighted by atomic mass is 16.5. The van der Waals surface area contributed by atoms with Gasteiger partial charge in [-0.3, -0.25) is 0 Å². The number of unbranched alkanes of at least 4 members (excludes halogenated alkanes) is 12. The minimum Gasteiger partial charge on any atom is -0.396 e. The van der Waals surface area contributed by atoms with Gasteiger partial charge >= 0.3 is 0 Å². The van der Waals surface area contributed by atoms with Crippen LogP contribution in [0.25, 0.3) is 0 Å². The SMILES string of the molecule is CCC(CO)(COCCCCCCCCCCCCCCCC(C)C)COCC(O)CO. The number of rotatable bonds is 25. The summed E-state index contributed by atoms with van der Waals surface area (Å²) in [5, 5.41) is 28.0. The first-order valence-corrected chi connectivity index (χ1v) is 13.5. The van der Waals surface area contributed by atoms with Crippen LogP contribution in [0, 0.1) is 11.3 Å². The molecule has 2 unspecified atom stereocenters. The van der Waals surface area contributed by atoms with Gasteiger partial charge in [-0.1, -0.05) is 104 Å². The van der Waals surface area contributed by atoms with Crippen molar-refractivity contribution in [3.8, 4) is 0 Å². The normalized spacial score (nSPS) is 14.7. The van der Waals surface area contributed by atoms with Crippen molar-refractivity contribution in [1.82, 2.24) is 0 Å². The molecule has 3 N–H and O–H groups in total. The molecule has 0 saturated heterocycles. The molecule has 5 nitrogen and oxygen atoms in total. The Morgan fingerprint density at radius 2 is 1.16 bits per heavy atom. The highest BCUT2D eigenvalue weighted by Gasteiger charge is 2.28. The predicted molar refractivity (Wildman–Crippen MR) is 134 cm³/mol. The highest BCUT2D eigenvalue weighted by molar-refractivity contribution is 4.77. The summed E-state index contributed by atoms with van der Waals surface area (Å²) in [5.41, 5.74) is -0.427. The first-order valence-electron chi connectivity index (χ1n) is 13.5. The fourth-order valence-corrected chi connectivity index (χ4v) is 3.90. The molecule has 0 aliphatic rings. The first-order chi connectivity index (χ1) is 15.5. The highest BCUT2D eigenvalue weighted by Crippen LogP contribution is 2.23. The van der Waals surface area contributed by atoms with Gasteiger partial charge in [0, 0.05) is 12.0 Å². The van der Waals surface area contributed by atoms with Gasteiger partial charge in [0.1, 0.15) is 6.10 Å². The van der Waals surface area contributed by atoms with E-state index in [0.717, 1.165) is 25.4 Å². The number of aliphatic hydroxyl groups excluding tert-OH is 3. The van der Waals surface area contributed by atoms with Gasteiger partial charge in [0.05, 0.1) is 33.0 Å². The number of hydrogen-bond donors (Lipinski definition) is 3. The van der Waals surface area contributed by atoms with Gasteiger partial charge in [-0.05, 0) is 18.8 Å². The molecule has 0 aliphatic heterocycles. The molecule has 0 spiro atoms. The van der Waals surface area contributed by atoms with Crippen LogP contribution in [0.1, 0.15) is 117 Å². The van der Waals surface area contributed by atoms with Crippen LogP contribution < -0.4 is 0 Å². The Hall–Kier alpha value is -0.200. The van der Waals surface area contributed by atoms with Crippen LogP contribution in [0.3, 0.4) is 0 Å². The topological polar surface area (TPSA) is 79.2 Å². The Kier molecular flexibility index (Phi) is 22.4. The maximum Gasteiger partial charge on any atom is 0.100 e. The second-order valence-corrected chi connectivity index (χ2v) is 10.2. The molecule has 0 amide bonds. The average molecular weight is 461 g/mol. The van der Waals surface area contributed by atoms with E-state index >= 15 is 0 Å². The monoisotopic (exact) mass is 460 g/mol. The number of hydrogen-bond acceptors (Lipinski definition) is 5. The third-order valence-corrected chi connectivity index (χ3v) is 6.49. The van der Waals surface area contributed by atoms with Crippen molar-refractivity contribution in [2.75, 3.05) is 39.6 Å². The van der Waals surface area contributed by atoms with Crippen LogP contribution >= 0.6 is 0 Å². The van der Waals surface area contributed by atoms with E-state index in [4.69, 9.17) is 14.6 Å². The molecule has 0 aromatic carbocycles. The molecule has 0 heterocycles. The zero-order valence-corrected chi connectivity index (χ0v) is 21.7. The molecule has 32 heavy (non-hydrogen) atoms. The summed E-state index contributed by atoms with van der Waals surface area (Å²) in [6, 6.07) is 0. The van der Waals surface area contributed by atoms with Gasteiger partial charge in [-0.15, -0.1) is 0 Å². The number of ether oxygens (including phenoxy) is 2. The van der Waals surface area contributed by atoms with E-state index in [1.54, 1.807) is 0 Å². The van der Waals surface area contributed by atoms with Gasteiger partial charge in [0.15, 0.2) is 0 Å². The Labute approximate surface area is 199 Å². The van der Waals surface area contributed by atoms with Crippen molar-refractivity contribution in [2.45, 2.75) is 123 Å². The van der Waals surface area contributed by atoms with Crippen LogP contribution in [0.5, 0.6) is 0 Å². The minimum atomic E-state index is -0.867. The molecule has 0 saturated carbocycles. The number of aliphatic hydroxyl groups is 3. The van der Waals surface area contributed by atoms with Crippen molar-refractivity contribution in [3.63, 3.8) is 0 Å². The summed E-state index contributed by atoms with van der Waals surface area (Å²) in [6.07, 6.45) is 18.8. The maximum absolute atomic E-state index is 9.77. The lowest BCUT2D eigenvalue weighted by Crippen LogP contribution is -2.37. The third-order valence-electron chi connectivity index (χ3n) is 6.49. The zero-order valence-electron chi connectivity index (χ0n) is 21.7. The standard InChI is InChI=1S/C27H56O5/c1-4-27(22-29,24-32-21-26(30)20-28)23-31-19-17-15-13-11-9-7-5-6-8-10-12-14-16-18-25(2)3/h25-26,28-30H,4-24H2,1-3H3. The van der Waals surface area contributed by atoms with Crippen molar-refractivity contribution >= 4 is 0 Å². The van der Waals surface area contributed by atoms with E-state index in [2.05, 4.69) is 13.8 Å². The molecule has 194 valence electrons. The lowest BCUT2D eigenvalue weighted by atomic mass is 9.88. The predicted octanol–water partition coefficient (Wildman–Crippen LogP) is 5.88. The molecular formula is C27H56O5. The Morgan fingerprint density at radius 3 is 1.59 bits per heavy atom. The van der Waals surface area contributed by atoms with Gasteiger partial charge in [0.2, 0.25) is 0 Å². The van der Waals surface area contributed by atoms with E-state index in [1.165, 1.54) is 83.5 Å². The first kappa shape index (κ1) is 31.8. The second-order valence-electron chi connectivity index (χ2n) is 10.2. The zero-order chi connectivity index (χ0) is 23.9. The fraction of sp³-hybridized carbons (Fsp3) is 1.00. The molecule has 0 fully saturated rings. The van der Waals surface area contributed by atoms with Crippen molar-refractivity contribution in [1.29, 1.82) is 0 Å². The molecule has 5 heteroatoms. The van der Waals surface area contributed by atoms with Crippen LogP contribution in [-0.4, -0.2) is 61.1 Å². The van der Waals surface area contributed by atoms with E-state index < -0.39 is 11.5 Å². The largest absolute Gasteiger partial charge is 0.396 e. The lowest BCUT2D eigenvalue weighted by molar-refractivity contribution is -0.0742. The van der Waals surface area contributed by atoms with Crippen molar-refractivity contribution in [2.24, 2.45) is 11.3 Å². The minimum absolute atomic E-state index is 0.00312. The lowest BCUT2D eigenvalue weighted by Gasteiger charge is -2.30. The van der Waals surface area contributed by atoms with Crippen molar-refractivity contribution < 1.29 is 24.8 Å². The average Bonchev–Trinajstić information content (AvgIpc) is 2.79. The quantitative estimate of drug-likeness (QED) is 0.148. The summed E-state index contributed by atoms with van der Waals surface area (Å²) in [6.45, 7) is 7.93. The van der Waals surface area contributed by atoms with Crippen LogP contribution in [0.2, 0.25) is 0 Å². The summed E-state index contributed by atoms with van der Waals surface area (Å²) in [7, 11) is 0. The van der Waals surface area contributed by atoms with E-state index in [0.29, 0.717) is 13.2 Å². The summed E-state index contributed by atoms with van der Waals surface area (Å²) in [5.74, 6) is 0.860. The molecular weight excluding hydrogens is 404 g/mol. The van der Waals surface area contributed by atoms with E-state index in [9.17, 15) is 10.2 Å². The molecule has 0 bridgehead atoms. The van der Waals surface area contributed by atoms with Crippen LogP contribution in [0.4, 0.5) is 0 Å². The second kappa shape index (κ2) is 22.6. The maximum atomic E-state index is 9.77. The van der Waals surface area contributed by atoms with Crippen LogP contribution in [-0.2, 0) is 9.47 Å². The summed E-state index contributed by atoms with van der Waals surface area (Å²) < 4.78 is 11.3. The summed E-state index contributed by atoms with van der Waals surface area (Å²) in [4.78, 5) is 0. The Balaban J connectivity index is 3.47. The van der Waals surface area contributed by atoms with E-state index in [1.807, 2.05) is 6.92 Å². The Morgan fingerprint density at radius 1 is 0.688 bits per heavy atom. The Bertz CT molecular complexity index is 371. The third kappa shape index (κ3) is 19.3.